The minimum Gasteiger partial charge on any atom is -0.488 e. The van der Waals surface area contributed by atoms with E-state index in [1.807, 2.05) is 12.1 Å². The van der Waals surface area contributed by atoms with Gasteiger partial charge in [-0.3, -0.25) is 0 Å². The number of hydrogen-bond donors (Lipinski definition) is 1. The quantitative estimate of drug-likeness (QED) is 0.802. The lowest BCUT2D eigenvalue weighted by Gasteiger charge is -2.09. The lowest BCUT2D eigenvalue weighted by Crippen LogP contribution is -1.98. The maximum atomic E-state index is 13.2. The van der Waals surface area contributed by atoms with Crippen LogP contribution in [0.5, 0.6) is 5.75 Å². The first-order chi connectivity index (χ1) is 8.54. The van der Waals surface area contributed by atoms with Gasteiger partial charge in [-0.2, -0.15) is 0 Å². The highest BCUT2D eigenvalue weighted by Gasteiger charge is 2.04. The minimum atomic E-state index is -0.297. The summed E-state index contributed by atoms with van der Waals surface area (Å²) in [7, 11) is 0. The summed E-state index contributed by atoms with van der Waals surface area (Å²) in [5.41, 5.74) is 7.04. The monoisotopic (exact) mass is 373 g/mol. The molecule has 0 aliphatic carbocycles. The van der Waals surface area contributed by atoms with Crippen molar-refractivity contribution in [3.8, 4) is 5.75 Å². The Balaban J connectivity index is 2.13. The van der Waals surface area contributed by atoms with E-state index in [0.717, 1.165) is 10.0 Å². The first-order valence-corrected chi connectivity index (χ1v) is 6.76. The summed E-state index contributed by atoms with van der Waals surface area (Å²) in [4.78, 5) is 0. The molecule has 2 N–H and O–H groups in total. The summed E-state index contributed by atoms with van der Waals surface area (Å²) in [6.07, 6.45) is 0. The lowest BCUT2D eigenvalue weighted by atomic mass is 10.2. The Morgan fingerprint density at radius 1 is 1.11 bits per heavy atom. The van der Waals surface area contributed by atoms with Gasteiger partial charge in [-0.05, 0) is 51.8 Å². The SMILES string of the molecule is Nc1ccc(Br)c(OCc2cc(F)cc(Br)c2)c1. The fourth-order valence-corrected chi connectivity index (χ4v) is 2.36. The smallest absolute Gasteiger partial charge is 0.136 e. The van der Waals surface area contributed by atoms with Crippen molar-refractivity contribution in [3.63, 3.8) is 0 Å². The Hall–Kier alpha value is -1.07. The molecule has 0 aromatic heterocycles. The number of halogens is 3. The van der Waals surface area contributed by atoms with Gasteiger partial charge in [0.2, 0.25) is 0 Å². The van der Waals surface area contributed by atoms with E-state index in [1.165, 1.54) is 12.1 Å². The highest BCUT2D eigenvalue weighted by molar-refractivity contribution is 9.10. The maximum Gasteiger partial charge on any atom is 0.136 e. The van der Waals surface area contributed by atoms with Gasteiger partial charge < -0.3 is 10.5 Å². The standard InChI is InChI=1S/C13H10Br2FNO/c14-9-3-8(4-10(16)5-9)7-18-13-6-11(17)1-2-12(13)15/h1-6H,7,17H2. The molecule has 0 saturated heterocycles. The van der Waals surface area contributed by atoms with Crippen LogP contribution in [0.25, 0.3) is 0 Å². The molecule has 0 bridgehead atoms. The molecular formula is C13H10Br2FNO. The summed E-state index contributed by atoms with van der Waals surface area (Å²) in [5.74, 6) is 0.338. The van der Waals surface area contributed by atoms with Gasteiger partial charge in [0, 0.05) is 16.2 Å². The Bertz CT molecular complexity index is 555. The molecule has 0 heterocycles. The third-order valence-electron chi connectivity index (χ3n) is 2.27. The van der Waals surface area contributed by atoms with Crippen LogP contribution in [0.2, 0.25) is 0 Å². The largest absolute Gasteiger partial charge is 0.488 e. The second-order valence-corrected chi connectivity index (χ2v) is 5.53. The van der Waals surface area contributed by atoms with Crippen molar-refractivity contribution < 1.29 is 9.13 Å². The molecule has 94 valence electrons. The van der Waals surface area contributed by atoms with Crippen LogP contribution >= 0.6 is 31.9 Å². The van der Waals surface area contributed by atoms with Crippen LogP contribution in [0.15, 0.2) is 45.3 Å². The number of rotatable bonds is 3. The van der Waals surface area contributed by atoms with E-state index in [-0.39, 0.29) is 12.4 Å². The molecule has 0 aliphatic heterocycles. The van der Waals surface area contributed by atoms with Gasteiger partial charge >= 0.3 is 0 Å². The molecule has 0 fully saturated rings. The molecule has 2 nitrogen and oxygen atoms in total. The number of nitrogens with two attached hydrogens (primary N) is 1. The first kappa shape index (κ1) is 13.4. The third-order valence-corrected chi connectivity index (χ3v) is 3.38. The molecule has 0 spiro atoms. The summed E-state index contributed by atoms with van der Waals surface area (Å²) >= 11 is 6.61. The molecule has 2 aromatic rings. The normalized spacial score (nSPS) is 10.4. The molecule has 0 atom stereocenters. The van der Waals surface area contributed by atoms with E-state index >= 15 is 0 Å². The number of anilines is 1. The van der Waals surface area contributed by atoms with Crippen molar-refractivity contribution in [2.75, 3.05) is 5.73 Å². The first-order valence-electron chi connectivity index (χ1n) is 5.17. The predicted octanol–water partition coefficient (Wildman–Crippen LogP) is 4.51. The Kier molecular flexibility index (Phi) is 4.24. The van der Waals surface area contributed by atoms with Gasteiger partial charge in [0.25, 0.3) is 0 Å². The Morgan fingerprint density at radius 3 is 2.61 bits per heavy atom. The average Bonchev–Trinajstić information content (AvgIpc) is 2.29. The van der Waals surface area contributed by atoms with Crippen LogP contribution < -0.4 is 10.5 Å². The Morgan fingerprint density at radius 2 is 1.89 bits per heavy atom. The van der Waals surface area contributed by atoms with E-state index in [4.69, 9.17) is 10.5 Å². The molecule has 2 rings (SSSR count). The van der Waals surface area contributed by atoms with E-state index in [9.17, 15) is 4.39 Å². The predicted molar refractivity (Wildman–Crippen MR) is 77.0 cm³/mol. The van der Waals surface area contributed by atoms with Crippen molar-refractivity contribution in [1.82, 2.24) is 0 Å². The van der Waals surface area contributed by atoms with Crippen LogP contribution in [0.3, 0.4) is 0 Å². The number of benzene rings is 2. The molecule has 2 aromatic carbocycles. The van der Waals surface area contributed by atoms with Crippen LogP contribution in [0, 0.1) is 5.82 Å². The van der Waals surface area contributed by atoms with E-state index in [0.29, 0.717) is 15.9 Å². The number of nitrogen functional groups attached to an aromatic ring is 1. The average molecular weight is 375 g/mol. The van der Waals surface area contributed by atoms with Gasteiger partial charge in [0.1, 0.15) is 18.2 Å². The molecule has 5 heteroatoms. The van der Waals surface area contributed by atoms with Crippen molar-refractivity contribution in [1.29, 1.82) is 0 Å². The molecule has 0 aliphatic rings. The highest BCUT2D eigenvalue weighted by atomic mass is 79.9. The molecule has 18 heavy (non-hydrogen) atoms. The lowest BCUT2D eigenvalue weighted by molar-refractivity contribution is 0.303. The topological polar surface area (TPSA) is 35.2 Å². The van der Waals surface area contributed by atoms with Crippen LogP contribution in [0.4, 0.5) is 10.1 Å². The summed E-state index contributed by atoms with van der Waals surface area (Å²) in [5, 5.41) is 0. The fourth-order valence-electron chi connectivity index (χ4n) is 1.49. The second-order valence-electron chi connectivity index (χ2n) is 3.76. The van der Waals surface area contributed by atoms with Crippen LogP contribution in [-0.2, 0) is 6.61 Å². The van der Waals surface area contributed by atoms with Gasteiger partial charge in [-0.1, -0.05) is 15.9 Å². The van der Waals surface area contributed by atoms with Crippen molar-refractivity contribution >= 4 is 37.5 Å². The van der Waals surface area contributed by atoms with Crippen molar-refractivity contribution in [3.05, 3.63) is 56.7 Å². The van der Waals surface area contributed by atoms with Gasteiger partial charge in [-0.15, -0.1) is 0 Å². The van der Waals surface area contributed by atoms with Crippen molar-refractivity contribution in [2.45, 2.75) is 6.61 Å². The van der Waals surface area contributed by atoms with Gasteiger partial charge in [0.05, 0.1) is 4.47 Å². The Labute approximate surface area is 121 Å². The fraction of sp³-hybridized carbons (Fsp3) is 0.0769. The van der Waals surface area contributed by atoms with E-state index in [2.05, 4.69) is 31.9 Å². The van der Waals surface area contributed by atoms with E-state index < -0.39 is 0 Å². The minimum absolute atomic E-state index is 0.276. The van der Waals surface area contributed by atoms with Crippen molar-refractivity contribution in [2.24, 2.45) is 0 Å². The van der Waals surface area contributed by atoms with Gasteiger partial charge in [-0.25, -0.2) is 4.39 Å². The zero-order valence-electron chi connectivity index (χ0n) is 9.29. The summed E-state index contributed by atoms with van der Waals surface area (Å²) in [6, 6.07) is 9.95. The third kappa shape index (κ3) is 3.46. The zero-order chi connectivity index (χ0) is 13.1. The molecular weight excluding hydrogens is 365 g/mol. The maximum absolute atomic E-state index is 13.2. The number of ether oxygens (including phenoxy) is 1. The molecule has 0 radical (unpaired) electrons. The molecule has 0 amide bonds. The van der Waals surface area contributed by atoms with Crippen LogP contribution in [0.1, 0.15) is 5.56 Å². The summed E-state index contributed by atoms with van der Waals surface area (Å²) in [6.45, 7) is 0.276. The molecule has 0 unspecified atom stereocenters. The highest BCUT2D eigenvalue weighted by Crippen LogP contribution is 2.28. The van der Waals surface area contributed by atoms with Gasteiger partial charge in [0.15, 0.2) is 0 Å². The zero-order valence-corrected chi connectivity index (χ0v) is 12.5. The van der Waals surface area contributed by atoms with E-state index in [1.54, 1.807) is 12.1 Å². The summed E-state index contributed by atoms with van der Waals surface area (Å²) < 4.78 is 20.3. The number of hydrogen-bond acceptors (Lipinski definition) is 2. The molecule has 0 saturated carbocycles. The van der Waals surface area contributed by atoms with Crippen LogP contribution in [-0.4, -0.2) is 0 Å². The second kappa shape index (κ2) is 5.71.